The summed E-state index contributed by atoms with van der Waals surface area (Å²) >= 11 is 0. The minimum atomic E-state index is -1.58. The summed E-state index contributed by atoms with van der Waals surface area (Å²) in [5, 5.41) is 75.4. The van der Waals surface area contributed by atoms with Gasteiger partial charge in [-0.05, 0) is 19.3 Å². The Labute approximate surface area is 260 Å². The lowest BCUT2D eigenvalue weighted by Gasteiger charge is -2.47. The quantitative estimate of drug-likeness (QED) is 0.0875. The van der Waals surface area contributed by atoms with Crippen molar-refractivity contribution in [2.45, 2.75) is 129 Å². The Balaban J connectivity index is 1.52. The smallest absolute Gasteiger partial charge is 0.187 e. The van der Waals surface area contributed by atoms with E-state index in [9.17, 15) is 35.7 Å². The second kappa shape index (κ2) is 16.6. The Bertz CT molecular complexity index is 902. The van der Waals surface area contributed by atoms with Gasteiger partial charge in [0.2, 0.25) is 0 Å². The highest BCUT2D eigenvalue weighted by Gasteiger charge is 2.54. The van der Waals surface area contributed by atoms with Gasteiger partial charge in [0.05, 0.1) is 43.6 Å². The van der Waals surface area contributed by atoms with E-state index in [1.165, 1.54) is 0 Å². The van der Waals surface area contributed by atoms with Crippen molar-refractivity contribution in [2.24, 2.45) is 28.7 Å². The molecular weight excluding hydrogens is 604 g/mol. The normalized spacial score (nSPS) is 48.4. The highest BCUT2D eigenvalue weighted by Crippen LogP contribution is 2.34. The van der Waals surface area contributed by atoms with Crippen LogP contribution in [0.25, 0.3) is 0 Å². The van der Waals surface area contributed by atoms with Crippen LogP contribution in [0.2, 0.25) is 0 Å². The third-order valence-corrected chi connectivity index (χ3v) is 8.93. The van der Waals surface area contributed by atoms with Crippen molar-refractivity contribution in [1.29, 1.82) is 0 Å². The highest BCUT2D eigenvalue weighted by molar-refractivity contribution is 5.02. The molecule has 0 amide bonds. The van der Waals surface area contributed by atoms with Crippen LogP contribution >= 0.6 is 0 Å². The molecule has 0 aromatic heterocycles. The fourth-order valence-electron chi connectivity index (χ4n) is 6.17. The van der Waals surface area contributed by atoms with Gasteiger partial charge in [0.15, 0.2) is 18.9 Å². The molecule has 3 heterocycles. The van der Waals surface area contributed by atoms with Gasteiger partial charge in [-0.2, -0.15) is 0 Å². The van der Waals surface area contributed by atoms with Crippen LogP contribution in [0.3, 0.4) is 0 Å². The Morgan fingerprint density at radius 3 is 2.02 bits per heavy atom. The Morgan fingerprint density at radius 2 is 1.38 bits per heavy atom. The van der Waals surface area contributed by atoms with Crippen molar-refractivity contribution in [2.75, 3.05) is 32.8 Å². The fraction of sp³-hybridized carbons (Fsp3) is 1.00. The van der Waals surface area contributed by atoms with E-state index in [0.717, 1.165) is 0 Å². The van der Waals surface area contributed by atoms with E-state index in [-0.39, 0.29) is 32.2 Å². The molecule has 19 nitrogen and oxygen atoms in total. The number of nitrogens with one attached hydrogen (secondary N) is 1. The number of rotatable bonds is 13. The number of aliphatic hydroxyl groups is 7. The molecule has 45 heavy (non-hydrogen) atoms. The minimum Gasteiger partial charge on any atom is -0.394 e. The third-order valence-electron chi connectivity index (χ3n) is 8.93. The van der Waals surface area contributed by atoms with Gasteiger partial charge in [-0.1, -0.05) is 0 Å². The highest BCUT2D eigenvalue weighted by atomic mass is 16.8. The SMILES string of the molecule is NC[C@@H]1CC[C@@H](N)[C@@H](O[C@H]2[C@H](O[C@@H]3O[C@H](CO)[C@@H](O[C@H]4O[C@@H](CN)[C@@H](O)[C@H](O)[C@H]4N)[C@H]3O)[C@@H](O)[C@H](NCC(O)CO)C[C@@H]2N)O1. The van der Waals surface area contributed by atoms with Gasteiger partial charge >= 0.3 is 0 Å². The summed E-state index contributed by atoms with van der Waals surface area (Å²) in [6, 6.07) is -3.27. The minimum absolute atomic E-state index is 0.0605. The largest absolute Gasteiger partial charge is 0.394 e. The Kier molecular flexibility index (Phi) is 13.6. The van der Waals surface area contributed by atoms with Crippen LogP contribution in [0, 0.1) is 0 Å². The summed E-state index contributed by atoms with van der Waals surface area (Å²) in [6.07, 6.45) is -15.3. The van der Waals surface area contributed by atoms with Crippen molar-refractivity contribution < 1.29 is 64.2 Å². The van der Waals surface area contributed by atoms with E-state index in [1.54, 1.807) is 0 Å². The molecule has 4 fully saturated rings. The van der Waals surface area contributed by atoms with Crippen LogP contribution in [0.15, 0.2) is 0 Å². The molecule has 0 bridgehead atoms. The summed E-state index contributed by atoms with van der Waals surface area (Å²) in [6.45, 7) is -1.11. The lowest BCUT2D eigenvalue weighted by atomic mass is 9.83. The zero-order valence-electron chi connectivity index (χ0n) is 25.0. The Hall–Kier alpha value is -0.760. The average molecular weight is 657 g/mol. The summed E-state index contributed by atoms with van der Waals surface area (Å²) in [5.74, 6) is 0. The molecule has 3 saturated heterocycles. The molecule has 264 valence electrons. The second-order valence-corrected chi connectivity index (χ2v) is 12.2. The number of hydrogen-bond acceptors (Lipinski definition) is 19. The predicted octanol–water partition coefficient (Wildman–Crippen LogP) is -7.85. The number of aliphatic hydroxyl groups excluding tert-OH is 7. The molecule has 18 atom stereocenters. The summed E-state index contributed by atoms with van der Waals surface area (Å²) in [7, 11) is 0. The topological polar surface area (TPSA) is 339 Å². The van der Waals surface area contributed by atoms with Gasteiger partial charge in [0, 0.05) is 31.7 Å². The zero-order chi connectivity index (χ0) is 33.0. The number of ether oxygens (including phenoxy) is 6. The monoisotopic (exact) mass is 656 g/mol. The maximum absolute atomic E-state index is 11.5. The van der Waals surface area contributed by atoms with E-state index in [4.69, 9.17) is 57.1 Å². The Morgan fingerprint density at radius 1 is 0.711 bits per heavy atom. The first kappa shape index (κ1) is 37.1. The van der Waals surface area contributed by atoms with Crippen LogP contribution in [0.5, 0.6) is 0 Å². The van der Waals surface area contributed by atoms with Crippen LogP contribution in [-0.2, 0) is 28.4 Å². The first-order chi connectivity index (χ1) is 21.4. The predicted molar refractivity (Wildman–Crippen MR) is 152 cm³/mol. The van der Waals surface area contributed by atoms with Crippen molar-refractivity contribution in [3.63, 3.8) is 0 Å². The maximum Gasteiger partial charge on any atom is 0.187 e. The lowest BCUT2D eigenvalue weighted by molar-refractivity contribution is -0.289. The van der Waals surface area contributed by atoms with Crippen LogP contribution in [0.4, 0.5) is 0 Å². The van der Waals surface area contributed by atoms with Gasteiger partial charge in [-0.15, -0.1) is 0 Å². The van der Waals surface area contributed by atoms with Crippen molar-refractivity contribution in [3.05, 3.63) is 0 Å². The molecule has 0 spiro atoms. The van der Waals surface area contributed by atoms with Crippen LogP contribution < -0.4 is 34.0 Å². The molecule has 4 rings (SSSR count). The summed E-state index contributed by atoms with van der Waals surface area (Å²) in [4.78, 5) is 0. The first-order valence-corrected chi connectivity index (χ1v) is 15.4. The molecule has 1 unspecified atom stereocenters. The van der Waals surface area contributed by atoms with Gasteiger partial charge in [-0.3, -0.25) is 0 Å². The zero-order valence-corrected chi connectivity index (χ0v) is 25.0. The summed E-state index contributed by atoms with van der Waals surface area (Å²) < 4.78 is 35.6. The van der Waals surface area contributed by atoms with E-state index in [1.807, 2.05) is 0 Å². The molecule has 1 saturated carbocycles. The number of nitrogens with two attached hydrogens (primary N) is 5. The molecule has 0 aromatic carbocycles. The molecule has 3 aliphatic heterocycles. The van der Waals surface area contributed by atoms with Crippen molar-refractivity contribution in [3.8, 4) is 0 Å². The molecule has 4 aliphatic rings. The second-order valence-electron chi connectivity index (χ2n) is 12.2. The first-order valence-electron chi connectivity index (χ1n) is 15.4. The molecule has 18 N–H and O–H groups in total. The maximum atomic E-state index is 11.5. The molecule has 1 aliphatic carbocycles. The summed E-state index contributed by atoms with van der Waals surface area (Å²) in [5.41, 5.74) is 30.2. The standard InChI is InChI=1S/C26H52N6O13/c27-4-10-1-2-11(29)24(40-10)43-21-12(30)3-13(32-6-9(35)7-33)17(36)23(21)45-26-20(39)22(15(8-34)42-26)44-25-16(31)19(38)18(37)14(5-28)41-25/h9-26,32-39H,1-8,27-31H2/t9?,10-,11+,12-,13+,14-,15+,16+,17-,18+,19+,20+,21+,22+,23+,24+,25+,26-/m0/s1. The molecule has 0 radical (unpaired) electrons. The van der Waals surface area contributed by atoms with Gasteiger partial charge in [-0.25, -0.2) is 0 Å². The van der Waals surface area contributed by atoms with E-state index in [0.29, 0.717) is 12.8 Å². The number of hydrogen-bond donors (Lipinski definition) is 13. The van der Waals surface area contributed by atoms with Crippen molar-refractivity contribution in [1.82, 2.24) is 5.32 Å². The van der Waals surface area contributed by atoms with Crippen molar-refractivity contribution >= 4 is 0 Å². The fourth-order valence-corrected chi connectivity index (χ4v) is 6.17. The van der Waals surface area contributed by atoms with E-state index >= 15 is 0 Å². The molecule has 19 heteroatoms. The molecule has 0 aromatic rings. The average Bonchev–Trinajstić information content (AvgIpc) is 3.33. The lowest BCUT2D eigenvalue weighted by Crippen LogP contribution is -2.66. The van der Waals surface area contributed by atoms with Crippen LogP contribution in [0.1, 0.15) is 19.3 Å². The molecular formula is C26H52N6O13. The van der Waals surface area contributed by atoms with E-state index in [2.05, 4.69) is 5.32 Å². The van der Waals surface area contributed by atoms with Gasteiger partial charge in [0.25, 0.3) is 0 Å². The third kappa shape index (κ3) is 8.46. The van der Waals surface area contributed by atoms with E-state index < -0.39 is 117 Å². The van der Waals surface area contributed by atoms with Crippen LogP contribution in [-0.4, -0.2) is 179 Å². The van der Waals surface area contributed by atoms with Gasteiger partial charge in [0.1, 0.15) is 48.8 Å². The van der Waals surface area contributed by atoms with Gasteiger partial charge < -0.3 is 98.2 Å².